The zero-order valence-electron chi connectivity index (χ0n) is 9.92. The number of methoxy groups -OCH3 is 1. The van der Waals surface area contributed by atoms with Crippen molar-refractivity contribution in [2.24, 2.45) is 0 Å². The van der Waals surface area contributed by atoms with Crippen molar-refractivity contribution < 1.29 is 4.74 Å². The second kappa shape index (κ2) is 3.44. The smallest absolute Gasteiger partial charge is 0.124 e. The summed E-state index contributed by atoms with van der Waals surface area (Å²) in [4.78, 5) is 0. The van der Waals surface area contributed by atoms with E-state index in [0.717, 1.165) is 12.2 Å². The van der Waals surface area contributed by atoms with Crippen LogP contribution in [0.4, 0.5) is 5.69 Å². The minimum Gasteiger partial charge on any atom is -0.496 e. The Morgan fingerprint density at radius 2 is 2.13 bits per heavy atom. The first-order valence-electron chi connectivity index (χ1n) is 5.48. The highest BCUT2D eigenvalue weighted by Crippen LogP contribution is 2.43. The van der Waals surface area contributed by atoms with Crippen LogP contribution in [0.5, 0.6) is 5.75 Å². The van der Waals surface area contributed by atoms with Crippen molar-refractivity contribution in [3.05, 3.63) is 23.8 Å². The number of fused-ring (bicyclic) bond motifs is 1. The molecule has 1 N–H and O–H groups in total. The van der Waals surface area contributed by atoms with Crippen LogP contribution in [-0.2, 0) is 5.41 Å². The number of nitrogens with one attached hydrogen (secondary N) is 1. The fourth-order valence-corrected chi connectivity index (χ4v) is 2.70. The van der Waals surface area contributed by atoms with Crippen molar-refractivity contribution in [3.8, 4) is 5.75 Å². The predicted octanol–water partition coefficient (Wildman–Crippen LogP) is 3.18. The van der Waals surface area contributed by atoms with Gasteiger partial charge in [0, 0.05) is 17.3 Å². The molecule has 82 valence electrons. The Morgan fingerprint density at radius 3 is 2.80 bits per heavy atom. The zero-order valence-corrected chi connectivity index (χ0v) is 9.92. The molecule has 1 aliphatic heterocycles. The first-order chi connectivity index (χ1) is 7.04. The van der Waals surface area contributed by atoms with E-state index in [0.29, 0.717) is 6.04 Å². The minimum atomic E-state index is 0.187. The van der Waals surface area contributed by atoms with E-state index >= 15 is 0 Å². The normalized spacial score (nSPS) is 22.8. The largest absolute Gasteiger partial charge is 0.496 e. The van der Waals surface area contributed by atoms with Gasteiger partial charge < -0.3 is 10.1 Å². The van der Waals surface area contributed by atoms with Gasteiger partial charge in [0.25, 0.3) is 0 Å². The standard InChI is InChI=1S/C13H19NO/c1-9-8-13(2,3)12-10(14-9)6-5-7-11(12)15-4/h5-7,9,14H,8H2,1-4H3. The third-order valence-electron chi connectivity index (χ3n) is 3.14. The van der Waals surface area contributed by atoms with Crippen molar-refractivity contribution in [1.82, 2.24) is 0 Å². The summed E-state index contributed by atoms with van der Waals surface area (Å²) >= 11 is 0. The van der Waals surface area contributed by atoms with Crippen molar-refractivity contribution >= 4 is 5.69 Å². The Labute approximate surface area is 91.6 Å². The maximum absolute atomic E-state index is 5.44. The molecule has 1 aromatic rings. The maximum atomic E-state index is 5.44. The number of ether oxygens (including phenoxy) is 1. The van der Waals surface area contributed by atoms with Gasteiger partial charge in [0.2, 0.25) is 0 Å². The van der Waals surface area contributed by atoms with Crippen LogP contribution in [0.25, 0.3) is 0 Å². The zero-order chi connectivity index (χ0) is 11.1. The minimum absolute atomic E-state index is 0.187. The van der Waals surface area contributed by atoms with Gasteiger partial charge >= 0.3 is 0 Å². The highest BCUT2D eigenvalue weighted by atomic mass is 16.5. The molecule has 0 aromatic heterocycles. The van der Waals surface area contributed by atoms with Crippen molar-refractivity contribution in [2.75, 3.05) is 12.4 Å². The Bertz CT molecular complexity index is 371. The van der Waals surface area contributed by atoms with Crippen LogP contribution >= 0.6 is 0 Å². The van der Waals surface area contributed by atoms with Gasteiger partial charge in [0.1, 0.15) is 5.75 Å². The van der Waals surface area contributed by atoms with E-state index in [1.54, 1.807) is 7.11 Å². The third-order valence-corrected chi connectivity index (χ3v) is 3.14. The van der Waals surface area contributed by atoms with E-state index in [1.165, 1.54) is 11.3 Å². The lowest BCUT2D eigenvalue weighted by molar-refractivity contribution is 0.373. The quantitative estimate of drug-likeness (QED) is 0.760. The summed E-state index contributed by atoms with van der Waals surface area (Å²) in [6.07, 6.45) is 1.14. The number of benzene rings is 1. The topological polar surface area (TPSA) is 21.3 Å². The van der Waals surface area contributed by atoms with Crippen LogP contribution in [0, 0.1) is 0 Å². The van der Waals surface area contributed by atoms with Crippen molar-refractivity contribution in [3.63, 3.8) is 0 Å². The molecule has 1 unspecified atom stereocenters. The van der Waals surface area contributed by atoms with E-state index < -0.39 is 0 Å². The van der Waals surface area contributed by atoms with E-state index in [9.17, 15) is 0 Å². The molecular weight excluding hydrogens is 186 g/mol. The van der Waals surface area contributed by atoms with Crippen LogP contribution in [0.2, 0.25) is 0 Å². The van der Waals surface area contributed by atoms with Crippen LogP contribution in [0.1, 0.15) is 32.8 Å². The van der Waals surface area contributed by atoms with E-state index in [1.807, 2.05) is 12.1 Å². The summed E-state index contributed by atoms with van der Waals surface area (Å²) in [7, 11) is 1.74. The fourth-order valence-electron chi connectivity index (χ4n) is 2.70. The second-order valence-corrected chi connectivity index (χ2v) is 5.02. The van der Waals surface area contributed by atoms with E-state index in [2.05, 4.69) is 32.2 Å². The highest BCUT2D eigenvalue weighted by molar-refractivity contribution is 5.63. The molecule has 0 saturated heterocycles. The van der Waals surface area contributed by atoms with Crippen LogP contribution in [0.15, 0.2) is 18.2 Å². The molecule has 0 saturated carbocycles. The van der Waals surface area contributed by atoms with Crippen LogP contribution in [-0.4, -0.2) is 13.2 Å². The summed E-state index contributed by atoms with van der Waals surface area (Å²) in [6.45, 7) is 6.79. The average Bonchev–Trinajstić information content (AvgIpc) is 2.14. The van der Waals surface area contributed by atoms with E-state index in [-0.39, 0.29) is 5.41 Å². The van der Waals surface area contributed by atoms with Gasteiger partial charge in [-0.2, -0.15) is 0 Å². The molecule has 2 heteroatoms. The third kappa shape index (κ3) is 1.69. The molecule has 1 aromatic carbocycles. The Morgan fingerprint density at radius 1 is 1.40 bits per heavy atom. The lowest BCUT2D eigenvalue weighted by Gasteiger charge is -2.38. The van der Waals surface area contributed by atoms with Crippen molar-refractivity contribution in [2.45, 2.75) is 38.6 Å². The summed E-state index contributed by atoms with van der Waals surface area (Å²) in [5, 5.41) is 3.51. The summed E-state index contributed by atoms with van der Waals surface area (Å²) < 4.78 is 5.44. The molecule has 0 amide bonds. The molecule has 0 radical (unpaired) electrons. The van der Waals surface area contributed by atoms with Gasteiger partial charge in [0.05, 0.1) is 7.11 Å². The van der Waals surface area contributed by atoms with Gasteiger partial charge in [-0.05, 0) is 30.9 Å². The number of hydrogen-bond donors (Lipinski definition) is 1. The van der Waals surface area contributed by atoms with Gasteiger partial charge in [-0.3, -0.25) is 0 Å². The molecule has 2 rings (SSSR count). The molecule has 1 atom stereocenters. The lowest BCUT2D eigenvalue weighted by Crippen LogP contribution is -2.34. The predicted molar refractivity (Wildman–Crippen MR) is 63.7 cm³/mol. The van der Waals surface area contributed by atoms with Gasteiger partial charge in [0.15, 0.2) is 0 Å². The molecular formula is C13H19NO. The summed E-state index contributed by atoms with van der Waals surface area (Å²) in [5.41, 5.74) is 2.72. The molecule has 1 aliphatic rings. The maximum Gasteiger partial charge on any atom is 0.124 e. The lowest BCUT2D eigenvalue weighted by atomic mass is 9.75. The van der Waals surface area contributed by atoms with Gasteiger partial charge in [-0.25, -0.2) is 0 Å². The van der Waals surface area contributed by atoms with Gasteiger partial charge in [-0.15, -0.1) is 0 Å². The fraction of sp³-hybridized carbons (Fsp3) is 0.538. The Balaban J connectivity index is 2.57. The van der Waals surface area contributed by atoms with Crippen molar-refractivity contribution in [1.29, 1.82) is 0 Å². The second-order valence-electron chi connectivity index (χ2n) is 5.02. The molecule has 2 nitrogen and oxygen atoms in total. The Kier molecular flexibility index (Phi) is 2.37. The van der Waals surface area contributed by atoms with Crippen LogP contribution in [0.3, 0.4) is 0 Å². The monoisotopic (exact) mass is 205 g/mol. The molecule has 1 heterocycles. The van der Waals surface area contributed by atoms with Crippen LogP contribution < -0.4 is 10.1 Å². The molecule has 0 aliphatic carbocycles. The van der Waals surface area contributed by atoms with E-state index in [4.69, 9.17) is 4.74 Å². The molecule has 15 heavy (non-hydrogen) atoms. The number of hydrogen-bond acceptors (Lipinski definition) is 2. The first-order valence-corrected chi connectivity index (χ1v) is 5.48. The number of rotatable bonds is 1. The van der Waals surface area contributed by atoms with Gasteiger partial charge in [-0.1, -0.05) is 19.9 Å². The highest BCUT2D eigenvalue weighted by Gasteiger charge is 2.33. The first kappa shape index (κ1) is 10.3. The average molecular weight is 205 g/mol. The SMILES string of the molecule is COc1cccc2c1C(C)(C)CC(C)N2. The number of anilines is 1. The molecule has 0 spiro atoms. The molecule has 0 bridgehead atoms. The summed E-state index contributed by atoms with van der Waals surface area (Å²) in [5.74, 6) is 0.997. The summed E-state index contributed by atoms with van der Waals surface area (Å²) in [6, 6.07) is 6.74. The molecule has 0 fully saturated rings. The Hall–Kier alpha value is -1.18.